The zero-order valence-electron chi connectivity index (χ0n) is 75.2. The Morgan fingerprint density at radius 2 is 1.30 bits per heavy atom. The number of rotatable bonds is 27. The van der Waals surface area contributed by atoms with Crippen LogP contribution in [0.5, 0.6) is 5.75 Å². The van der Waals surface area contributed by atoms with Gasteiger partial charge in [-0.3, -0.25) is 4.48 Å². The van der Waals surface area contributed by atoms with E-state index in [-0.39, 0.29) is 0 Å². The van der Waals surface area contributed by atoms with Crippen molar-refractivity contribution in [1.82, 2.24) is 4.48 Å². The van der Waals surface area contributed by atoms with Gasteiger partial charge in [0.2, 0.25) is 0 Å². The SMILES string of the molecule is CCCCc1cc2c(c3c1CCCC3)CC(CC1CCc3c(c4c5c(c6c(c4c4cc(O)c7c(c34)C(CCC)CC(CSCc3cccc4c3ccc3cc(CCC)ccc34)C7)CC(c3cccc4c3cc(CCc3ccc7sc8c(c7c3)CCCC8)c3cc(CCC(C)CCOC7CCc8ccccc8C7)ccc34)C6CCCC)CCCN5)[N+]13CCC3)S2. The molecule has 640 valence electrons. The van der Waals surface area contributed by atoms with Gasteiger partial charge in [-0.15, -0.1) is 23.1 Å². The van der Waals surface area contributed by atoms with Crippen LogP contribution in [0.3, 0.4) is 0 Å². The number of hydrogen-bond acceptors (Lipinski definition) is 6. The number of benzene rings is 12. The number of aromatic hydroxyl groups is 1. The van der Waals surface area contributed by atoms with Crippen LogP contribution in [0.4, 0.5) is 11.4 Å². The highest BCUT2D eigenvalue weighted by Crippen LogP contribution is 2.63. The van der Waals surface area contributed by atoms with Gasteiger partial charge in [0.25, 0.3) is 0 Å². The molecule has 8 unspecified atom stereocenters. The first-order valence-corrected chi connectivity index (χ1v) is 52.9. The molecule has 0 radical (unpaired) electrons. The molecule has 0 amide bonds. The van der Waals surface area contributed by atoms with Crippen LogP contribution in [-0.4, -0.2) is 54.5 Å². The number of phenolic OH excluding ortho intramolecular Hbond substituents is 1. The van der Waals surface area contributed by atoms with E-state index in [4.69, 9.17) is 4.74 Å². The largest absolute Gasteiger partial charge is 0.508 e. The van der Waals surface area contributed by atoms with E-state index in [9.17, 15) is 5.11 Å². The minimum absolute atomic E-state index is 0.308. The smallest absolute Gasteiger partial charge is 0.147 e. The summed E-state index contributed by atoms with van der Waals surface area (Å²) >= 11 is 6.53. The molecule has 1 spiro atoms. The fraction of sp³-hybridized carbons (Fsp3) is 0.470. The second-order valence-corrected chi connectivity index (χ2v) is 44.1. The molecule has 1 fully saturated rings. The van der Waals surface area contributed by atoms with Crippen molar-refractivity contribution in [3.05, 3.63) is 256 Å². The maximum Gasteiger partial charge on any atom is 0.147 e. The summed E-state index contributed by atoms with van der Waals surface area (Å²) in [7, 11) is 0. The van der Waals surface area contributed by atoms with Crippen LogP contribution in [0.2, 0.25) is 0 Å². The van der Waals surface area contributed by atoms with Gasteiger partial charge in [0.1, 0.15) is 11.4 Å². The lowest BCUT2D eigenvalue weighted by Crippen LogP contribution is -2.67. The number of ether oxygens (including phenoxy) is 1. The Morgan fingerprint density at radius 3 is 2.15 bits per heavy atom. The van der Waals surface area contributed by atoms with E-state index >= 15 is 0 Å². The van der Waals surface area contributed by atoms with Gasteiger partial charge >= 0.3 is 0 Å². The van der Waals surface area contributed by atoms with Crippen LogP contribution in [0.15, 0.2) is 150 Å². The summed E-state index contributed by atoms with van der Waals surface area (Å²) in [4.78, 5) is 3.29. The zero-order chi connectivity index (χ0) is 83.3. The summed E-state index contributed by atoms with van der Waals surface area (Å²) < 4.78 is 9.32. The molecule has 7 heteroatoms. The van der Waals surface area contributed by atoms with Gasteiger partial charge in [-0.1, -0.05) is 194 Å². The van der Waals surface area contributed by atoms with Crippen molar-refractivity contribution >= 4 is 121 Å². The quantitative estimate of drug-likeness (QED) is 0.0397. The normalized spacial score (nSPS) is 21.4. The van der Waals surface area contributed by atoms with Crippen molar-refractivity contribution in [2.75, 3.05) is 37.3 Å². The number of hydrogen-bond donors (Lipinski definition) is 2. The fourth-order valence-electron chi connectivity index (χ4n) is 26.9. The topological polar surface area (TPSA) is 41.5 Å². The first kappa shape index (κ1) is 82.1. The Morgan fingerprint density at radius 1 is 0.516 bits per heavy atom. The van der Waals surface area contributed by atoms with Gasteiger partial charge < -0.3 is 15.2 Å². The lowest BCUT2D eigenvalue weighted by molar-refractivity contribution is 0.0365. The Kier molecular flexibility index (Phi) is 23.2. The predicted molar refractivity (Wildman–Crippen MR) is 535 cm³/mol. The molecule has 5 aliphatic carbocycles. The van der Waals surface area contributed by atoms with Crippen molar-refractivity contribution in [3.63, 3.8) is 0 Å². The molecule has 13 aromatic rings. The Bertz CT molecular complexity index is 6290. The molecular formula is C117H133N2O2S3+. The number of fused-ring (bicyclic) bond motifs is 27. The Labute approximate surface area is 752 Å². The molecule has 124 heavy (non-hydrogen) atoms. The third-order valence-corrected chi connectivity index (χ3v) is 36.8. The number of thioether (sulfide) groups is 2. The highest BCUT2D eigenvalue weighted by atomic mass is 32.2. The predicted octanol–water partition coefficient (Wildman–Crippen LogP) is 30.4. The highest BCUT2D eigenvalue weighted by molar-refractivity contribution is 8.00. The van der Waals surface area contributed by atoms with Crippen LogP contribution < -0.4 is 9.80 Å². The number of quaternary nitrogens is 1. The first-order chi connectivity index (χ1) is 61.1. The minimum atomic E-state index is 0.308. The highest BCUT2D eigenvalue weighted by Gasteiger charge is 2.54. The lowest BCUT2D eigenvalue weighted by Gasteiger charge is -2.55. The summed E-state index contributed by atoms with van der Waals surface area (Å²) in [6.07, 6.45) is 43.1. The third kappa shape index (κ3) is 14.9. The van der Waals surface area contributed by atoms with Crippen molar-refractivity contribution in [1.29, 1.82) is 0 Å². The molecule has 8 atom stereocenters. The molecular weight excluding hydrogens is 1560 g/mol. The van der Waals surface area contributed by atoms with E-state index in [0.29, 0.717) is 52.7 Å². The number of phenols is 1. The van der Waals surface area contributed by atoms with Gasteiger partial charge in [-0.05, 0) is 393 Å². The summed E-state index contributed by atoms with van der Waals surface area (Å²) in [6, 6.07) is 59.5. The van der Waals surface area contributed by atoms with E-state index in [1.165, 1.54) is 262 Å². The first-order valence-electron chi connectivity index (χ1n) is 50.1. The summed E-state index contributed by atoms with van der Waals surface area (Å²) in [5.74, 6) is 4.81. The Balaban J connectivity index is 0.662. The number of anilines is 1. The van der Waals surface area contributed by atoms with Crippen LogP contribution in [0.1, 0.15) is 291 Å². The third-order valence-electron chi connectivity index (χ3n) is 33.0. The van der Waals surface area contributed by atoms with Crippen molar-refractivity contribution in [2.24, 2.45) is 11.8 Å². The number of aryl methyl sites for hydroxylation is 9. The van der Waals surface area contributed by atoms with Crippen LogP contribution in [0, 0.1) is 11.8 Å². The van der Waals surface area contributed by atoms with E-state index in [1.54, 1.807) is 87.4 Å². The minimum Gasteiger partial charge on any atom is -0.508 e. The monoisotopic (exact) mass is 1690 g/mol. The number of thiophene rings is 1. The number of unbranched alkanes of at least 4 members (excludes halogenated alkanes) is 2. The number of nitrogens with one attached hydrogen (secondary N) is 1. The molecule has 22 rings (SSSR count). The molecule has 5 heterocycles. The van der Waals surface area contributed by atoms with Gasteiger partial charge in [0, 0.05) is 68.8 Å². The van der Waals surface area contributed by atoms with Crippen LogP contribution in [-0.2, 0) is 113 Å². The van der Waals surface area contributed by atoms with Gasteiger partial charge in [0.15, 0.2) is 0 Å². The molecule has 4 nitrogen and oxygen atoms in total. The molecule has 1 aromatic heterocycles. The molecule has 1 saturated heterocycles. The van der Waals surface area contributed by atoms with E-state index < -0.39 is 0 Å². The maximum absolute atomic E-state index is 13.7. The molecule has 4 aliphatic heterocycles. The Hall–Kier alpha value is -7.62. The summed E-state index contributed by atoms with van der Waals surface area (Å²) in [5, 5.41) is 37.7. The molecule has 12 aromatic carbocycles. The van der Waals surface area contributed by atoms with E-state index in [1.807, 2.05) is 0 Å². The maximum atomic E-state index is 13.7. The number of nitrogens with zero attached hydrogens (tertiary/aromatic N) is 1. The average Bonchev–Trinajstić information content (AvgIpc) is 0.968. The van der Waals surface area contributed by atoms with Crippen molar-refractivity contribution in [3.8, 4) is 5.75 Å². The summed E-state index contributed by atoms with van der Waals surface area (Å²) in [5.41, 5.74) is 33.3. The molecule has 0 saturated carbocycles. The van der Waals surface area contributed by atoms with Crippen LogP contribution >= 0.6 is 34.9 Å². The molecule has 9 aliphatic rings. The molecule has 0 bridgehead atoms. The van der Waals surface area contributed by atoms with Crippen molar-refractivity contribution in [2.45, 2.75) is 312 Å². The van der Waals surface area contributed by atoms with Gasteiger partial charge in [-0.25, -0.2) is 0 Å². The van der Waals surface area contributed by atoms with Crippen molar-refractivity contribution < 1.29 is 9.84 Å². The van der Waals surface area contributed by atoms with E-state index in [2.05, 4.69) is 220 Å². The summed E-state index contributed by atoms with van der Waals surface area (Å²) in [6.45, 7) is 16.4. The van der Waals surface area contributed by atoms with E-state index in [0.717, 1.165) is 125 Å². The molecule has 2 N–H and O–H groups in total. The lowest BCUT2D eigenvalue weighted by atomic mass is 9.70. The van der Waals surface area contributed by atoms with Crippen LogP contribution in [0.25, 0.3) is 74.7 Å². The fourth-order valence-corrected chi connectivity index (χ4v) is 30.9. The second-order valence-electron chi connectivity index (χ2n) is 40.6. The van der Waals surface area contributed by atoms with Gasteiger partial charge in [-0.2, -0.15) is 11.8 Å². The zero-order valence-corrected chi connectivity index (χ0v) is 77.7. The van der Waals surface area contributed by atoms with Gasteiger partial charge in [0.05, 0.1) is 36.3 Å². The second kappa shape index (κ2) is 35.1. The standard InChI is InChI=1S/C117H132N2O2S3/c1-6-10-24-79-65-110-103(91-30-15-14-29-87(79)91)67-86(123-110)66-84-46-51-98-113-106(69-107(120)104-62-76(59-82(23-9-4)111(104)113)70-122-71-83-27-18-32-90-88-48-40-73(22-8-3)58-80(88)45-50-89(83)90)114-105-68-101(96(28-11-7-2)112(105)97-35-20-54-118-116(97)115(114)117(98)119(84)55-21-56-119)93-34-19-33-92-94-49-41-74(38-37-72(5)53-57-121-85-47-44-77-25-12-13-26-78(77)63-85)60-99(94)81(64-100(92)93)43-39-75-42-52-109-102(61-75)95-31-16-17-36-108(95)124-109/h12-13,18-19,25-27,32-34,40-42,45,48-50,52,58,60-61,64-65,69,72,76,82,84-86,96,101,118H,6-11,14-17,20-24,28-31,35-39,43-44,46-47,51,53-57,59,62-63,66-68,70-71H2,1-5H3/p+1. The average molecular weight is 1700 g/mol.